The molecule has 1 aromatic carbocycles. The summed E-state index contributed by atoms with van der Waals surface area (Å²) in [6.45, 7) is 2.59. The van der Waals surface area contributed by atoms with E-state index in [0.717, 1.165) is 24.2 Å². The van der Waals surface area contributed by atoms with Crippen molar-refractivity contribution in [1.82, 2.24) is 0 Å². The van der Waals surface area contributed by atoms with Gasteiger partial charge in [0.1, 0.15) is 0 Å². The summed E-state index contributed by atoms with van der Waals surface area (Å²) in [5.41, 5.74) is 7.35. The molecule has 0 bridgehead atoms. The molecular formula is C15H23N3O. The summed E-state index contributed by atoms with van der Waals surface area (Å²) in [5.74, 6) is 0.659. The van der Waals surface area contributed by atoms with Crippen LogP contribution in [0.25, 0.3) is 0 Å². The van der Waals surface area contributed by atoms with Crippen molar-refractivity contribution < 1.29 is 4.79 Å². The van der Waals surface area contributed by atoms with Gasteiger partial charge in [-0.3, -0.25) is 4.79 Å². The number of carbonyl (C=O) groups excluding carboxylic acids is 1. The Hall–Kier alpha value is -1.55. The van der Waals surface area contributed by atoms with Gasteiger partial charge in [0.15, 0.2) is 0 Å². The topological polar surface area (TPSA) is 58.4 Å². The molecule has 1 saturated carbocycles. The van der Waals surface area contributed by atoms with Crippen molar-refractivity contribution in [3.05, 3.63) is 24.3 Å². The Bertz CT molecular complexity index is 464. The van der Waals surface area contributed by atoms with Gasteiger partial charge in [-0.1, -0.05) is 13.0 Å². The number of nitrogens with one attached hydrogen (secondary N) is 1. The summed E-state index contributed by atoms with van der Waals surface area (Å²) < 4.78 is 0. The first kappa shape index (κ1) is 13.9. The number of hydrogen-bond acceptors (Lipinski definition) is 3. The maximum absolute atomic E-state index is 12.4. The van der Waals surface area contributed by atoms with E-state index in [9.17, 15) is 4.79 Å². The Morgan fingerprint density at radius 2 is 2.16 bits per heavy atom. The molecule has 0 atom stereocenters. The van der Waals surface area contributed by atoms with E-state index in [0.29, 0.717) is 12.5 Å². The van der Waals surface area contributed by atoms with Crippen LogP contribution in [0.4, 0.5) is 11.4 Å². The molecule has 0 spiro atoms. The average Bonchev–Trinajstić information content (AvgIpc) is 2.34. The number of nitrogens with zero attached hydrogens (tertiary/aromatic N) is 1. The molecule has 1 aliphatic carbocycles. The monoisotopic (exact) mass is 261 g/mol. The van der Waals surface area contributed by atoms with Gasteiger partial charge in [0.25, 0.3) is 0 Å². The Labute approximate surface area is 115 Å². The Morgan fingerprint density at radius 1 is 1.47 bits per heavy atom. The molecule has 3 N–H and O–H groups in total. The fourth-order valence-electron chi connectivity index (χ4n) is 2.84. The van der Waals surface area contributed by atoms with Crippen LogP contribution in [-0.4, -0.2) is 26.5 Å². The minimum Gasteiger partial charge on any atom is -0.378 e. The summed E-state index contributed by atoms with van der Waals surface area (Å²) in [5, 5.41) is 3.01. The molecule has 0 aliphatic heterocycles. The number of amides is 1. The van der Waals surface area contributed by atoms with Crippen molar-refractivity contribution in [3.63, 3.8) is 0 Å². The zero-order chi connectivity index (χ0) is 14.0. The summed E-state index contributed by atoms with van der Waals surface area (Å²) in [6.07, 6.45) is 1.78. The lowest BCUT2D eigenvalue weighted by molar-refractivity contribution is -0.132. The molecule has 0 heterocycles. The van der Waals surface area contributed by atoms with Crippen LogP contribution >= 0.6 is 0 Å². The number of benzene rings is 1. The normalized spacial score (nSPS) is 25.6. The maximum atomic E-state index is 12.4. The second-order valence-electron chi connectivity index (χ2n) is 5.90. The number of hydrogen-bond donors (Lipinski definition) is 2. The van der Waals surface area contributed by atoms with Crippen LogP contribution in [0.15, 0.2) is 24.3 Å². The van der Waals surface area contributed by atoms with Gasteiger partial charge < -0.3 is 16.0 Å². The van der Waals surface area contributed by atoms with Crippen molar-refractivity contribution >= 4 is 17.3 Å². The third-order valence-corrected chi connectivity index (χ3v) is 3.97. The molecule has 0 radical (unpaired) electrons. The van der Waals surface area contributed by atoms with E-state index >= 15 is 0 Å². The minimum atomic E-state index is -0.354. The molecule has 0 unspecified atom stereocenters. The van der Waals surface area contributed by atoms with Crippen LogP contribution in [0.1, 0.15) is 19.8 Å². The van der Waals surface area contributed by atoms with E-state index in [2.05, 4.69) is 12.2 Å². The van der Waals surface area contributed by atoms with Gasteiger partial charge in [-0.25, -0.2) is 0 Å². The van der Waals surface area contributed by atoms with Crippen molar-refractivity contribution in [1.29, 1.82) is 0 Å². The maximum Gasteiger partial charge on any atom is 0.231 e. The summed E-state index contributed by atoms with van der Waals surface area (Å²) in [6, 6.07) is 7.85. The van der Waals surface area contributed by atoms with E-state index < -0.39 is 0 Å². The highest BCUT2D eigenvalue weighted by atomic mass is 16.2. The fraction of sp³-hybridized carbons (Fsp3) is 0.533. The molecule has 1 aromatic rings. The van der Waals surface area contributed by atoms with Crippen molar-refractivity contribution in [2.75, 3.05) is 30.9 Å². The lowest BCUT2D eigenvalue weighted by atomic mass is 9.62. The minimum absolute atomic E-state index is 0.0593. The third-order valence-electron chi connectivity index (χ3n) is 3.97. The summed E-state index contributed by atoms with van der Waals surface area (Å²) in [4.78, 5) is 14.4. The van der Waals surface area contributed by atoms with Crippen molar-refractivity contribution in [2.24, 2.45) is 17.1 Å². The van der Waals surface area contributed by atoms with Crippen molar-refractivity contribution in [3.8, 4) is 0 Å². The van der Waals surface area contributed by atoms with E-state index in [1.165, 1.54) is 0 Å². The number of anilines is 2. The first-order valence-electron chi connectivity index (χ1n) is 6.76. The molecule has 4 heteroatoms. The van der Waals surface area contributed by atoms with Gasteiger partial charge in [0, 0.05) is 32.0 Å². The average molecular weight is 261 g/mol. The third kappa shape index (κ3) is 2.73. The molecular weight excluding hydrogens is 238 g/mol. The smallest absolute Gasteiger partial charge is 0.231 e. The van der Waals surface area contributed by atoms with Crippen LogP contribution in [0.3, 0.4) is 0 Å². The van der Waals surface area contributed by atoms with E-state index in [1.54, 1.807) is 0 Å². The molecule has 1 fully saturated rings. The van der Waals surface area contributed by atoms with Crippen LogP contribution in [0.2, 0.25) is 0 Å². The lowest BCUT2D eigenvalue weighted by Gasteiger charge is -2.44. The van der Waals surface area contributed by atoms with Crippen LogP contribution in [0, 0.1) is 11.3 Å². The number of nitrogens with two attached hydrogens (primary N) is 1. The van der Waals surface area contributed by atoms with E-state index in [1.807, 2.05) is 43.3 Å². The quantitative estimate of drug-likeness (QED) is 0.872. The molecule has 2 rings (SSSR count). The highest BCUT2D eigenvalue weighted by Gasteiger charge is 2.47. The second kappa shape index (κ2) is 5.21. The van der Waals surface area contributed by atoms with Crippen LogP contribution < -0.4 is 16.0 Å². The Kier molecular flexibility index (Phi) is 3.80. The molecule has 104 valence electrons. The molecule has 19 heavy (non-hydrogen) atoms. The van der Waals surface area contributed by atoms with Crippen LogP contribution in [0.5, 0.6) is 0 Å². The fourth-order valence-corrected chi connectivity index (χ4v) is 2.84. The van der Waals surface area contributed by atoms with Gasteiger partial charge in [0.05, 0.1) is 5.41 Å². The van der Waals surface area contributed by atoms with Gasteiger partial charge in [-0.15, -0.1) is 0 Å². The van der Waals surface area contributed by atoms with Gasteiger partial charge in [-0.05, 0) is 37.0 Å². The first-order chi connectivity index (χ1) is 8.97. The predicted molar refractivity (Wildman–Crippen MR) is 79.3 cm³/mol. The highest BCUT2D eigenvalue weighted by Crippen LogP contribution is 2.45. The van der Waals surface area contributed by atoms with Gasteiger partial charge >= 0.3 is 0 Å². The van der Waals surface area contributed by atoms with Gasteiger partial charge in [-0.2, -0.15) is 0 Å². The Balaban J connectivity index is 2.08. The standard InChI is InChI=1S/C15H23N3O/c1-11-8-15(9-11,10-16)14(19)17-12-5-4-6-13(7-12)18(2)3/h4-7,11H,8-10,16H2,1-3H3,(H,17,19). The molecule has 1 aliphatic rings. The SMILES string of the molecule is CC1CC(CN)(C(=O)Nc2cccc(N(C)C)c2)C1. The largest absolute Gasteiger partial charge is 0.378 e. The van der Waals surface area contributed by atoms with Gasteiger partial charge in [0.2, 0.25) is 5.91 Å². The number of carbonyl (C=O) groups is 1. The zero-order valence-electron chi connectivity index (χ0n) is 11.9. The summed E-state index contributed by atoms with van der Waals surface area (Å²) in [7, 11) is 3.96. The molecule has 1 amide bonds. The second-order valence-corrected chi connectivity index (χ2v) is 5.90. The van der Waals surface area contributed by atoms with Crippen LogP contribution in [-0.2, 0) is 4.79 Å². The lowest BCUT2D eigenvalue weighted by Crippen LogP contribution is -2.51. The van der Waals surface area contributed by atoms with Crippen molar-refractivity contribution in [2.45, 2.75) is 19.8 Å². The zero-order valence-corrected chi connectivity index (χ0v) is 11.9. The Morgan fingerprint density at radius 3 is 2.68 bits per heavy atom. The molecule has 0 saturated heterocycles. The predicted octanol–water partition coefficient (Wildman–Crippen LogP) is 2.07. The molecule has 0 aromatic heterocycles. The first-order valence-corrected chi connectivity index (χ1v) is 6.76. The van der Waals surface area contributed by atoms with E-state index in [4.69, 9.17) is 5.73 Å². The highest BCUT2D eigenvalue weighted by molar-refractivity contribution is 5.96. The van der Waals surface area contributed by atoms with E-state index in [-0.39, 0.29) is 11.3 Å². The summed E-state index contributed by atoms with van der Waals surface area (Å²) >= 11 is 0. The number of rotatable bonds is 4. The molecule has 4 nitrogen and oxygen atoms in total.